The van der Waals surface area contributed by atoms with Crippen molar-refractivity contribution in [3.8, 4) is 11.5 Å². The van der Waals surface area contributed by atoms with Crippen molar-refractivity contribution < 1.29 is 14.3 Å². The average Bonchev–Trinajstić information content (AvgIpc) is 2.99. The van der Waals surface area contributed by atoms with Crippen molar-refractivity contribution in [1.29, 1.82) is 0 Å². The Morgan fingerprint density at radius 3 is 2.75 bits per heavy atom. The predicted octanol–water partition coefficient (Wildman–Crippen LogP) is 0.290. The van der Waals surface area contributed by atoms with Crippen LogP contribution in [0.25, 0.3) is 0 Å². The smallest absolute Gasteiger partial charge is 0.230 e. The van der Waals surface area contributed by atoms with E-state index in [4.69, 9.17) is 9.47 Å². The van der Waals surface area contributed by atoms with Gasteiger partial charge in [-0.25, -0.2) is 5.01 Å². The van der Waals surface area contributed by atoms with E-state index >= 15 is 0 Å². The number of benzene rings is 1. The summed E-state index contributed by atoms with van der Waals surface area (Å²) in [7, 11) is 3.22. The normalized spacial score (nSPS) is 26.9. The molecule has 1 amide bonds. The summed E-state index contributed by atoms with van der Waals surface area (Å²) in [5.74, 6) is 1.30. The Labute approximate surface area is 141 Å². The van der Waals surface area contributed by atoms with Gasteiger partial charge in [0.2, 0.25) is 5.91 Å². The van der Waals surface area contributed by atoms with Gasteiger partial charge < -0.3 is 20.1 Å². The van der Waals surface area contributed by atoms with Crippen LogP contribution in [0.3, 0.4) is 0 Å². The molecule has 8 nitrogen and oxygen atoms in total. The SMILES string of the molecule is COc1ccc(OC)c(NC2NC(=O)C3CNN(C(C)C)C3N2)c1. The van der Waals surface area contributed by atoms with Gasteiger partial charge in [-0.05, 0) is 26.0 Å². The molecule has 3 rings (SSSR count). The number of rotatable bonds is 5. The van der Waals surface area contributed by atoms with Crippen LogP contribution in [0, 0.1) is 5.92 Å². The maximum absolute atomic E-state index is 12.4. The lowest BCUT2D eigenvalue weighted by molar-refractivity contribution is -0.129. The van der Waals surface area contributed by atoms with Crippen LogP contribution in [0.1, 0.15) is 13.8 Å². The molecule has 2 aliphatic rings. The van der Waals surface area contributed by atoms with Crippen LogP contribution >= 0.6 is 0 Å². The van der Waals surface area contributed by atoms with Crippen LogP contribution < -0.4 is 30.8 Å². The van der Waals surface area contributed by atoms with Gasteiger partial charge in [0.15, 0.2) is 6.29 Å². The monoisotopic (exact) mass is 335 g/mol. The van der Waals surface area contributed by atoms with Crippen LogP contribution in [0.4, 0.5) is 5.69 Å². The average molecular weight is 335 g/mol. The van der Waals surface area contributed by atoms with Crippen molar-refractivity contribution in [2.75, 3.05) is 26.1 Å². The van der Waals surface area contributed by atoms with Crippen molar-refractivity contribution in [2.24, 2.45) is 5.92 Å². The number of hydrogen-bond acceptors (Lipinski definition) is 7. The molecule has 3 atom stereocenters. The van der Waals surface area contributed by atoms with Crippen molar-refractivity contribution in [1.82, 2.24) is 21.1 Å². The third-order valence-electron chi connectivity index (χ3n) is 4.40. The van der Waals surface area contributed by atoms with Crippen molar-refractivity contribution in [3.63, 3.8) is 0 Å². The molecule has 0 aliphatic carbocycles. The van der Waals surface area contributed by atoms with Gasteiger partial charge in [-0.3, -0.25) is 15.5 Å². The minimum absolute atomic E-state index is 0.0220. The zero-order valence-corrected chi connectivity index (χ0v) is 14.4. The largest absolute Gasteiger partial charge is 0.497 e. The molecule has 4 N–H and O–H groups in total. The molecule has 2 fully saturated rings. The van der Waals surface area contributed by atoms with Crippen LogP contribution in [-0.4, -0.2) is 50.2 Å². The predicted molar refractivity (Wildman–Crippen MR) is 90.5 cm³/mol. The highest BCUT2D eigenvalue weighted by Gasteiger charge is 2.44. The van der Waals surface area contributed by atoms with Crippen molar-refractivity contribution >= 4 is 11.6 Å². The first-order valence-corrected chi connectivity index (χ1v) is 8.10. The Bertz CT molecular complexity index is 609. The van der Waals surface area contributed by atoms with E-state index in [2.05, 4.69) is 40.2 Å². The number of carbonyl (C=O) groups excluding carboxylic acids is 1. The number of methoxy groups -OCH3 is 2. The van der Waals surface area contributed by atoms with E-state index in [1.54, 1.807) is 14.2 Å². The third kappa shape index (κ3) is 3.12. The second kappa shape index (κ2) is 6.84. The number of ether oxygens (including phenoxy) is 2. The number of nitrogens with one attached hydrogen (secondary N) is 4. The molecule has 0 spiro atoms. The van der Waals surface area contributed by atoms with Crippen LogP contribution in [0.15, 0.2) is 18.2 Å². The second-order valence-electron chi connectivity index (χ2n) is 6.23. The summed E-state index contributed by atoms with van der Waals surface area (Å²) < 4.78 is 10.6. The molecule has 2 saturated heterocycles. The summed E-state index contributed by atoms with van der Waals surface area (Å²) in [5.41, 5.74) is 4.04. The molecule has 1 aromatic rings. The van der Waals surface area contributed by atoms with Gasteiger partial charge in [-0.1, -0.05) is 0 Å². The van der Waals surface area contributed by atoms with E-state index in [9.17, 15) is 4.79 Å². The fourth-order valence-electron chi connectivity index (χ4n) is 3.17. The highest BCUT2D eigenvalue weighted by atomic mass is 16.5. The van der Waals surface area contributed by atoms with E-state index < -0.39 is 6.29 Å². The molecule has 24 heavy (non-hydrogen) atoms. The first-order valence-electron chi connectivity index (χ1n) is 8.10. The summed E-state index contributed by atoms with van der Waals surface area (Å²) in [6, 6.07) is 5.78. The van der Waals surface area contributed by atoms with E-state index in [0.717, 1.165) is 5.69 Å². The van der Waals surface area contributed by atoms with Gasteiger partial charge in [-0.2, -0.15) is 0 Å². The van der Waals surface area contributed by atoms with E-state index in [0.29, 0.717) is 18.0 Å². The zero-order valence-electron chi connectivity index (χ0n) is 14.4. The van der Waals surface area contributed by atoms with Gasteiger partial charge >= 0.3 is 0 Å². The number of amides is 1. The third-order valence-corrected chi connectivity index (χ3v) is 4.40. The van der Waals surface area contributed by atoms with Crippen molar-refractivity contribution in [3.05, 3.63) is 18.2 Å². The molecule has 0 radical (unpaired) electrons. The van der Waals surface area contributed by atoms with Crippen molar-refractivity contribution in [2.45, 2.75) is 32.3 Å². The van der Waals surface area contributed by atoms with Gasteiger partial charge in [0.05, 0.1) is 32.0 Å². The summed E-state index contributed by atoms with van der Waals surface area (Å²) in [6.45, 7) is 4.82. The fourth-order valence-corrected chi connectivity index (χ4v) is 3.17. The lowest BCUT2D eigenvalue weighted by Gasteiger charge is -2.38. The quantitative estimate of drug-likeness (QED) is 0.615. The van der Waals surface area contributed by atoms with Gasteiger partial charge in [0.25, 0.3) is 0 Å². The van der Waals surface area contributed by atoms with Gasteiger partial charge in [0.1, 0.15) is 11.5 Å². The lowest BCUT2D eigenvalue weighted by atomic mass is 10.0. The Hall–Kier alpha value is -2.03. The molecule has 0 saturated carbocycles. The Morgan fingerprint density at radius 1 is 1.29 bits per heavy atom. The number of hydrazine groups is 1. The topological polar surface area (TPSA) is 86.9 Å². The molecule has 8 heteroatoms. The highest BCUT2D eigenvalue weighted by molar-refractivity contribution is 5.81. The molecular weight excluding hydrogens is 310 g/mol. The maximum Gasteiger partial charge on any atom is 0.230 e. The summed E-state index contributed by atoms with van der Waals surface area (Å²) in [5, 5.41) is 11.8. The van der Waals surface area contributed by atoms with E-state index in [1.807, 2.05) is 18.2 Å². The Kier molecular flexibility index (Phi) is 4.79. The van der Waals surface area contributed by atoms with E-state index in [1.165, 1.54) is 0 Å². The number of carbonyl (C=O) groups is 1. The standard InChI is InChI=1S/C16H25N5O3/c1-9(2)21-14-11(8-17-21)15(22)20-16(19-14)18-12-7-10(23-3)5-6-13(12)24-4/h5-7,9,11,14,16-19H,8H2,1-4H3,(H,20,22). The Morgan fingerprint density at radius 2 is 2.08 bits per heavy atom. The van der Waals surface area contributed by atoms with Crippen LogP contribution in [-0.2, 0) is 4.79 Å². The van der Waals surface area contributed by atoms with Gasteiger partial charge in [-0.15, -0.1) is 0 Å². The molecule has 2 aliphatic heterocycles. The van der Waals surface area contributed by atoms with Gasteiger partial charge in [0, 0.05) is 18.7 Å². The minimum atomic E-state index is -0.402. The molecule has 1 aromatic carbocycles. The lowest BCUT2D eigenvalue weighted by Crippen LogP contribution is -2.67. The number of fused-ring (bicyclic) bond motifs is 1. The molecule has 2 heterocycles. The minimum Gasteiger partial charge on any atom is -0.497 e. The molecular formula is C16H25N5O3. The van der Waals surface area contributed by atoms with E-state index in [-0.39, 0.29) is 24.0 Å². The number of hydrogen-bond donors (Lipinski definition) is 4. The number of nitrogens with zero attached hydrogens (tertiary/aromatic N) is 1. The Balaban J connectivity index is 1.77. The first-order chi connectivity index (χ1) is 11.5. The second-order valence-corrected chi connectivity index (χ2v) is 6.23. The maximum atomic E-state index is 12.4. The summed E-state index contributed by atoms with van der Waals surface area (Å²) in [4.78, 5) is 12.4. The molecule has 0 bridgehead atoms. The van der Waals surface area contributed by atoms with Crippen LogP contribution in [0.2, 0.25) is 0 Å². The van der Waals surface area contributed by atoms with Crippen LogP contribution in [0.5, 0.6) is 11.5 Å². The number of anilines is 1. The molecule has 0 aromatic heterocycles. The zero-order chi connectivity index (χ0) is 17.3. The fraction of sp³-hybridized carbons (Fsp3) is 0.562. The first kappa shape index (κ1) is 16.8. The summed E-state index contributed by atoms with van der Waals surface area (Å²) in [6.07, 6.45) is -0.464. The molecule has 132 valence electrons. The highest BCUT2D eigenvalue weighted by Crippen LogP contribution is 2.30. The summed E-state index contributed by atoms with van der Waals surface area (Å²) >= 11 is 0. The molecule has 3 unspecified atom stereocenters.